The van der Waals surface area contributed by atoms with Gasteiger partial charge in [-0.15, -0.1) is 5.46 Å². The van der Waals surface area contributed by atoms with Crippen molar-refractivity contribution in [2.75, 3.05) is 7.11 Å². The van der Waals surface area contributed by atoms with Crippen LogP contribution in [0.3, 0.4) is 0 Å². The number of hydrogen-bond acceptors (Lipinski definition) is 3. The molecule has 1 aromatic heterocycles. The minimum absolute atomic E-state index is 0. The molecule has 1 heterocycles. The molecule has 1 aromatic carbocycles. The van der Waals surface area contributed by atoms with E-state index in [0.717, 1.165) is 12.1 Å². The van der Waals surface area contributed by atoms with Crippen LogP contribution in [-0.4, -0.2) is 19.1 Å². The monoisotopic (exact) mass is 321 g/mol. The van der Waals surface area contributed by atoms with Crippen LogP contribution in [0, 0.1) is 0 Å². The molecule has 0 N–H and O–H groups in total. The van der Waals surface area contributed by atoms with E-state index in [9.17, 15) is 12.9 Å². The molecular formula is C13H12BF3KNO2. The fraction of sp³-hybridized carbons (Fsp3) is 0.154. The van der Waals surface area contributed by atoms with Crippen LogP contribution in [0.2, 0.25) is 0 Å². The number of rotatable bonds is 5. The fourth-order valence-electron chi connectivity index (χ4n) is 1.59. The van der Waals surface area contributed by atoms with E-state index in [1.54, 1.807) is 18.2 Å². The van der Waals surface area contributed by atoms with Crippen molar-refractivity contribution in [1.29, 1.82) is 0 Å². The molecule has 0 saturated heterocycles. The van der Waals surface area contributed by atoms with E-state index in [4.69, 9.17) is 9.47 Å². The standard InChI is InChI=1S/C13H12BF3NO2.K/c1-19-13-4-2-3-11(18-13)9-20-12-7-5-10(6-8-12)14(15,16)17;/h2-8H,9H2,1H3;/q-1;+1. The number of methoxy groups -OCH3 is 1. The van der Waals surface area contributed by atoms with Crippen LogP contribution in [0.4, 0.5) is 12.9 Å². The van der Waals surface area contributed by atoms with E-state index >= 15 is 0 Å². The quantitative estimate of drug-likeness (QED) is 0.711. The summed E-state index contributed by atoms with van der Waals surface area (Å²) in [6.45, 7) is -4.81. The summed E-state index contributed by atoms with van der Waals surface area (Å²) in [6, 6.07) is 9.82. The second kappa shape index (κ2) is 8.19. The Hall–Kier alpha value is -0.539. The first-order chi connectivity index (χ1) is 9.49. The Morgan fingerprint density at radius 1 is 1.05 bits per heavy atom. The Labute approximate surface area is 163 Å². The predicted octanol–water partition coefficient (Wildman–Crippen LogP) is -0.272. The molecule has 0 saturated carbocycles. The van der Waals surface area contributed by atoms with Crippen molar-refractivity contribution in [2.45, 2.75) is 6.61 Å². The molecule has 21 heavy (non-hydrogen) atoms. The van der Waals surface area contributed by atoms with Crippen LogP contribution in [0.5, 0.6) is 11.6 Å². The molecule has 3 nitrogen and oxygen atoms in total. The molecule has 0 amide bonds. The minimum atomic E-state index is -4.97. The average molecular weight is 321 g/mol. The van der Waals surface area contributed by atoms with E-state index in [1.807, 2.05) is 0 Å². The van der Waals surface area contributed by atoms with Crippen molar-refractivity contribution in [3.05, 3.63) is 48.2 Å². The Balaban J connectivity index is 0.00000220. The third kappa shape index (κ3) is 5.63. The van der Waals surface area contributed by atoms with Crippen LogP contribution in [0.15, 0.2) is 42.5 Å². The van der Waals surface area contributed by atoms with Crippen LogP contribution < -0.4 is 66.3 Å². The van der Waals surface area contributed by atoms with Crippen molar-refractivity contribution in [3.8, 4) is 11.6 Å². The predicted molar refractivity (Wildman–Crippen MR) is 70.3 cm³/mol. The normalized spacial score (nSPS) is 10.7. The van der Waals surface area contributed by atoms with Gasteiger partial charge in [-0.3, -0.25) is 0 Å². The molecule has 2 rings (SSSR count). The number of nitrogens with zero attached hydrogens (tertiary/aromatic N) is 1. The molecule has 0 unspecified atom stereocenters. The van der Waals surface area contributed by atoms with Gasteiger partial charge in [-0.25, -0.2) is 4.98 Å². The zero-order chi connectivity index (χ0) is 14.6. The van der Waals surface area contributed by atoms with Crippen LogP contribution in [-0.2, 0) is 6.61 Å². The number of aromatic nitrogens is 1. The largest absolute Gasteiger partial charge is 1.00 e. The first kappa shape index (κ1) is 18.5. The SMILES string of the molecule is COc1cccc(COc2ccc([B-](F)(F)F)cc2)n1.[K+]. The van der Waals surface area contributed by atoms with Gasteiger partial charge in [0.2, 0.25) is 5.88 Å². The molecule has 0 aliphatic heterocycles. The Kier molecular flexibility index (Phi) is 7.22. The van der Waals surface area contributed by atoms with E-state index < -0.39 is 12.4 Å². The van der Waals surface area contributed by atoms with Crippen molar-refractivity contribution in [2.24, 2.45) is 0 Å². The maximum Gasteiger partial charge on any atom is 1.00 e. The molecule has 0 radical (unpaired) electrons. The third-order valence-electron chi connectivity index (χ3n) is 2.64. The van der Waals surface area contributed by atoms with Crippen molar-refractivity contribution in [1.82, 2.24) is 4.98 Å². The molecule has 2 aromatic rings. The molecular weight excluding hydrogens is 309 g/mol. The minimum Gasteiger partial charge on any atom is -0.487 e. The average Bonchev–Trinajstić information content (AvgIpc) is 2.45. The van der Waals surface area contributed by atoms with Gasteiger partial charge in [-0.1, -0.05) is 18.2 Å². The van der Waals surface area contributed by atoms with E-state index in [2.05, 4.69) is 4.98 Å². The van der Waals surface area contributed by atoms with Gasteiger partial charge in [-0.2, -0.15) is 0 Å². The topological polar surface area (TPSA) is 31.4 Å². The van der Waals surface area contributed by atoms with Gasteiger partial charge >= 0.3 is 58.4 Å². The van der Waals surface area contributed by atoms with E-state index in [-0.39, 0.29) is 58.0 Å². The number of halogens is 3. The summed E-state index contributed by atoms with van der Waals surface area (Å²) in [4.78, 5) is 4.14. The summed E-state index contributed by atoms with van der Waals surface area (Å²) in [6.07, 6.45) is 0. The summed E-state index contributed by atoms with van der Waals surface area (Å²) in [5.74, 6) is 0.819. The van der Waals surface area contributed by atoms with Gasteiger partial charge in [0.15, 0.2) is 0 Å². The second-order valence-corrected chi connectivity index (χ2v) is 4.10. The molecule has 0 bridgehead atoms. The summed E-state index contributed by atoms with van der Waals surface area (Å²) >= 11 is 0. The van der Waals surface area contributed by atoms with Crippen LogP contribution >= 0.6 is 0 Å². The molecule has 106 valence electrons. The second-order valence-electron chi connectivity index (χ2n) is 4.10. The van der Waals surface area contributed by atoms with Crippen molar-refractivity contribution < 1.29 is 73.8 Å². The van der Waals surface area contributed by atoms with Crippen molar-refractivity contribution >= 4 is 12.4 Å². The van der Waals surface area contributed by atoms with E-state index in [0.29, 0.717) is 17.3 Å². The molecule has 0 atom stereocenters. The first-order valence-electron chi connectivity index (χ1n) is 5.91. The van der Waals surface area contributed by atoms with Gasteiger partial charge in [0, 0.05) is 6.07 Å². The van der Waals surface area contributed by atoms with Crippen molar-refractivity contribution in [3.63, 3.8) is 0 Å². The zero-order valence-corrected chi connectivity index (χ0v) is 14.8. The first-order valence-corrected chi connectivity index (χ1v) is 5.91. The maximum atomic E-state index is 12.5. The molecule has 8 heteroatoms. The smallest absolute Gasteiger partial charge is 0.487 e. The summed E-state index contributed by atoms with van der Waals surface area (Å²) in [5.41, 5.74) is -0.00896. The fourth-order valence-corrected chi connectivity index (χ4v) is 1.59. The number of ether oxygens (including phenoxy) is 2. The third-order valence-corrected chi connectivity index (χ3v) is 2.64. The van der Waals surface area contributed by atoms with Crippen LogP contribution in [0.1, 0.15) is 5.69 Å². The summed E-state index contributed by atoms with van der Waals surface area (Å²) < 4.78 is 47.7. The molecule has 0 aliphatic carbocycles. The Morgan fingerprint density at radius 3 is 2.29 bits per heavy atom. The maximum absolute atomic E-state index is 12.5. The van der Waals surface area contributed by atoms with Gasteiger partial charge in [0.1, 0.15) is 12.4 Å². The zero-order valence-electron chi connectivity index (χ0n) is 11.7. The molecule has 0 spiro atoms. The van der Waals surface area contributed by atoms with Crippen LogP contribution in [0.25, 0.3) is 0 Å². The Bertz CT molecular complexity index is 578. The molecule has 0 fully saturated rings. The summed E-state index contributed by atoms with van der Waals surface area (Å²) in [7, 11) is 1.50. The van der Waals surface area contributed by atoms with Gasteiger partial charge in [-0.05, 0) is 18.2 Å². The van der Waals surface area contributed by atoms with E-state index in [1.165, 1.54) is 19.2 Å². The molecule has 0 aliphatic rings. The number of benzene rings is 1. The van der Waals surface area contributed by atoms with Gasteiger partial charge in [0.05, 0.1) is 12.8 Å². The Morgan fingerprint density at radius 2 is 1.71 bits per heavy atom. The number of pyridine rings is 1. The number of hydrogen-bond donors (Lipinski definition) is 0. The summed E-state index contributed by atoms with van der Waals surface area (Å²) in [5, 5.41) is 0. The van der Waals surface area contributed by atoms with Gasteiger partial charge < -0.3 is 22.4 Å². The van der Waals surface area contributed by atoms with Gasteiger partial charge in [0.25, 0.3) is 0 Å².